The second kappa shape index (κ2) is 10.9. The van der Waals surface area contributed by atoms with Gasteiger partial charge < -0.3 is 20.3 Å². The van der Waals surface area contributed by atoms with Gasteiger partial charge in [-0.2, -0.15) is 0 Å². The van der Waals surface area contributed by atoms with Crippen LogP contribution in [0.3, 0.4) is 0 Å². The lowest BCUT2D eigenvalue weighted by molar-refractivity contribution is -0.145. The molecule has 0 spiro atoms. The van der Waals surface area contributed by atoms with Crippen molar-refractivity contribution in [1.29, 1.82) is 0 Å². The van der Waals surface area contributed by atoms with E-state index < -0.39 is 30.0 Å². The van der Waals surface area contributed by atoms with Gasteiger partial charge in [-0.1, -0.05) is 40.6 Å². The van der Waals surface area contributed by atoms with Gasteiger partial charge >= 0.3 is 5.97 Å². The number of nitrogens with one attached hydrogen (secondary N) is 3. The van der Waals surface area contributed by atoms with Crippen molar-refractivity contribution in [2.75, 3.05) is 20.2 Å². The minimum atomic E-state index is -0.861. The molecule has 0 radical (unpaired) electrons. The van der Waals surface area contributed by atoms with Gasteiger partial charge in [0.25, 0.3) is 0 Å². The molecular formula is C22H31N4O5P. The summed E-state index contributed by atoms with van der Waals surface area (Å²) in [5.74, 6) is -1.56. The first-order valence-corrected chi connectivity index (χ1v) is 11.4. The van der Waals surface area contributed by atoms with Gasteiger partial charge in [0, 0.05) is 13.0 Å². The van der Waals surface area contributed by atoms with Gasteiger partial charge in [0.1, 0.15) is 12.1 Å². The molecule has 32 heavy (non-hydrogen) atoms. The predicted octanol–water partition coefficient (Wildman–Crippen LogP) is -0.0654. The highest BCUT2D eigenvalue weighted by atomic mass is 31.0. The molecule has 9 nitrogen and oxygen atoms in total. The van der Waals surface area contributed by atoms with E-state index in [0.29, 0.717) is 19.4 Å². The molecule has 1 saturated heterocycles. The van der Waals surface area contributed by atoms with E-state index in [9.17, 15) is 19.2 Å². The van der Waals surface area contributed by atoms with Crippen LogP contribution in [0.4, 0.5) is 0 Å². The molecule has 3 amide bonds. The first kappa shape index (κ1) is 24.1. The summed E-state index contributed by atoms with van der Waals surface area (Å²) in [6.45, 7) is 2.21. The Kier molecular flexibility index (Phi) is 8.21. The molecule has 0 aromatic heterocycles. The highest BCUT2D eigenvalue weighted by molar-refractivity contribution is 7.13. The van der Waals surface area contributed by atoms with Crippen LogP contribution in [0.25, 0.3) is 0 Å². The number of nitrogens with zero attached hydrogens (tertiary/aromatic N) is 1. The highest BCUT2D eigenvalue weighted by Crippen LogP contribution is 2.23. The molecule has 2 bridgehead atoms. The number of methoxy groups -OCH3 is 1. The Balaban J connectivity index is 1.89. The molecule has 174 valence electrons. The van der Waals surface area contributed by atoms with Gasteiger partial charge in [0.15, 0.2) is 0 Å². The lowest BCUT2D eigenvalue weighted by Crippen LogP contribution is -2.54. The molecule has 0 aliphatic carbocycles. The third-order valence-electron chi connectivity index (χ3n) is 6.12. The summed E-state index contributed by atoms with van der Waals surface area (Å²) in [6, 6.07) is 5.81. The number of amides is 3. The number of carbonyl (C=O) groups is 4. The van der Waals surface area contributed by atoms with Crippen molar-refractivity contribution in [2.45, 2.75) is 50.7 Å². The lowest BCUT2D eigenvalue weighted by atomic mass is 9.92. The summed E-state index contributed by atoms with van der Waals surface area (Å²) in [5.41, 5.74) is 1.92. The molecule has 1 aromatic rings. The third kappa shape index (κ3) is 5.64. The van der Waals surface area contributed by atoms with Crippen LogP contribution in [0.15, 0.2) is 24.3 Å². The fraction of sp³-hybridized carbons (Fsp3) is 0.545. The maximum Gasteiger partial charge on any atom is 0.328 e. The van der Waals surface area contributed by atoms with E-state index in [1.807, 2.05) is 31.2 Å². The van der Waals surface area contributed by atoms with Crippen LogP contribution in [0, 0.1) is 5.92 Å². The van der Waals surface area contributed by atoms with Crippen molar-refractivity contribution in [3.8, 4) is 0 Å². The van der Waals surface area contributed by atoms with Gasteiger partial charge in [-0.3, -0.25) is 19.5 Å². The van der Waals surface area contributed by atoms with E-state index in [4.69, 9.17) is 4.74 Å². The molecule has 0 saturated carbocycles. The number of rotatable bonds is 2. The maximum absolute atomic E-state index is 13.3. The van der Waals surface area contributed by atoms with Crippen LogP contribution in [-0.4, -0.2) is 66.9 Å². The SMILES string of the molecule is COC(=O)[C@@H]1Cc2ccc(cc2)C[C@H](C)[C@H](NP)C(=O)N2CCC[C@H]2C(=O)NCC(=O)N1. The molecule has 5 atom stereocenters. The minimum Gasteiger partial charge on any atom is -0.467 e. The van der Waals surface area contributed by atoms with Crippen molar-refractivity contribution in [2.24, 2.45) is 5.92 Å². The Morgan fingerprint density at radius 1 is 1.16 bits per heavy atom. The first-order valence-electron chi connectivity index (χ1n) is 10.8. The summed E-state index contributed by atoms with van der Waals surface area (Å²) >= 11 is 0. The molecule has 3 N–H and O–H groups in total. The Morgan fingerprint density at radius 2 is 1.81 bits per heavy atom. The van der Waals surface area contributed by atoms with Crippen molar-refractivity contribution in [3.63, 3.8) is 0 Å². The number of carbonyl (C=O) groups excluding carboxylic acids is 4. The number of benzene rings is 1. The Morgan fingerprint density at radius 3 is 2.44 bits per heavy atom. The normalized spacial score (nSPS) is 27.3. The molecular weight excluding hydrogens is 431 g/mol. The molecule has 4 rings (SSSR count). The van der Waals surface area contributed by atoms with Crippen LogP contribution >= 0.6 is 9.39 Å². The highest BCUT2D eigenvalue weighted by Gasteiger charge is 2.38. The van der Waals surface area contributed by atoms with Gasteiger partial charge in [-0.05, 0) is 36.3 Å². The fourth-order valence-electron chi connectivity index (χ4n) is 4.36. The van der Waals surface area contributed by atoms with E-state index in [-0.39, 0.29) is 30.7 Å². The summed E-state index contributed by atoms with van der Waals surface area (Å²) < 4.78 is 4.83. The monoisotopic (exact) mass is 462 g/mol. The zero-order valence-corrected chi connectivity index (χ0v) is 19.6. The smallest absolute Gasteiger partial charge is 0.328 e. The van der Waals surface area contributed by atoms with Gasteiger partial charge in [0.05, 0.1) is 19.7 Å². The number of fused-ring (bicyclic) bond motifs is 11. The summed E-state index contributed by atoms with van der Waals surface area (Å²) in [4.78, 5) is 52.3. The molecule has 1 aromatic carbocycles. The number of hydrogen-bond acceptors (Lipinski definition) is 6. The zero-order chi connectivity index (χ0) is 23.3. The van der Waals surface area contributed by atoms with Crippen LogP contribution in [0.2, 0.25) is 0 Å². The van der Waals surface area contributed by atoms with E-state index in [1.165, 1.54) is 7.11 Å². The predicted molar refractivity (Wildman–Crippen MR) is 121 cm³/mol. The molecule has 1 unspecified atom stereocenters. The van der Waals surface area contributed by atoms with Gasteiger partial charge in [-0.15, -0.1) is 0 Å². The largest absolute Gasteiger partial charge is 0.467 e. The summed E-state index contributed by atoms with van der Waals surface area (Å²) in [5, 5.41) is 8.29. The Bertz CT molecular complexity index is 862. The molecule has 1 fully saturated rings. The second-order valence-corrected chi connectivity index (χ2v) is 8.73. The van der Waals surface area contributed by atoms with Crippen LogP contribution in [0.5, 0.6) is 0 Å². The van der Waals surface area contributed by atoms with E-state index in [0.717, 1.165) is 17.5 Å². The fourth-order valence-corrected chi connectivity index (χ4v) is 4.83. The second-order valence-electron chi connectivity index (χ2n) is 8.40. The average Bonchev–Trinajstić information content (AvgIpc) is 3.27. The van der Waals surface area contributed by atoms with Crippen molar-refractivity contribution >= 4 is 33.1 Å². The average molecular weight is 462 g/mol. The van der Waals surface area contributed by atoms with E-state index >= 15 is 0 Å². The summed E-state index contributed by atoms with van der Waals surface area (Å²) in [7, 11) is 3.69. The van der Waals surface area contributed by atoms with Crippen molar-refractivity contribution in [3.05, 3.63) is 35.4 Å². The third-order valence-corrected chi connectivity index (χ3v) is 6.48. The zero-order valence-electron chi connectivity index (χ0n) is 18.4. The minimum absolute atomic E-state index is 0.0168. The van der Waals surface area contributed by atoms with E-state index in [2.05, 4.69) is 25.1 Å². The Labute approximate surface area is 190 Å². The van der Waals surface area contributed by atoms with Crippen molar-refractivity contribution < 1.29 is 23.9 Å². The Hall–Kier alpha value is -2.51. The first-order chi connectivity index (χ1) is 15.3. The van der Waals surface area contributed by atoms with E-state index in [1.54, 1.807) is 4.90 Å². The standard InChI is InChI=1S/C22H31N4O5P/c1-13-10-14-5-7-15(8-6-14)11-16(22(30)31-2)24-18(27)12-23-20(28)17-4-3-9-26(17)21(29)19(13)25-32/h5-8,13,16-17,19,25H,3-4,9-12,32H2,1-2H3,(H,23,28)(H,24,27)/t13-,16-,17-,19-/m0/s1. The topological polar surface area (TPSA) is 117 Å². The summed E-state index contributed by atoms with van der Waals surface area (Å²) in [6.07, 6.45) is 2.20. The molecule has 10 heteroatoms. The van der Waals surface area contributed by atoms with Gasteiger partial charge in [-0.25, -0.2) is 4.79 Å². The number of ether oxygens (including phenoxy) is 1. The number of esters is 1. The molecule has 3 heterocycles. The van der Waals surface area contributed by atoms with Crippen molar-refractivity contribution in [1.82, 2.24) is 20.6 Å². The molecule has 3 aliphatic heterocycles. The van der Waals surface area contributed by atoms with Gasteiger partial charge in [0.2, 0.25) is 17.7 Å². The molecule has 3 aliphatic rings. The lowest BCUT2D eigenvalue weighted by Gasteiger charge is -2.31. The van der Waals surface area contributed by atoms with Crippen LogP contribution in [-0.2, 0) is 36.8 Å². The quantitative estimate of drug-likeness (QED) is 0.419. The maximum atomic E-state index is 13.3. The number of hydrogen-bond donors (Lipinski definition) is 3. The van der Waals surface area contributed by atoms with Crippen LogP contribution in [0.1, 0.15) is 30.9 Å². The van der Waals surface area contributed by atoms with Crippen LogP contribution < -0.4 is 15.7 Å².